The van der Waals surface area contributed by atoms with E-state index in [0.29, 0.717) is 0 Å². The Morgan fingerprint density at radius 3 is 1.73 bits per heavy atom. The maximum atomic E-state index is 9.34. The van der Waals surface area contributed by atoms with Crippen LogP contribution >= 0.6 is 0 Å². The van der Waals surface area contributed by atoms with Crippen LogP contribution in [0.1, 0.15) is 5.56 Å². The van der Waals surface area contributed by atoms with Gasteiger partial charge in [0.25, 0.3) is 0 Å². The number of hydrogen-bond acceptors (Lipinski definition) is 4. The number of benzene rings is 1. The Balaban J connectivity index is 0.000000262. The zero-order valence-corrected chi connectivity index (χ0v) is 8.51. The van der Waals surface area contributed by atoms with E-state index in [1.165, 1.54) is 17.7 Å². The lowest BCUT2D eigenvalue weighted by molar-refractivity contribution is 0.560. The molecule has 0 bridgehead atoms. The Hall–Kier alpha value is -2.02. The van der Waals surface area contributed by atoms with Gasteiger partial charge in [-0.2, -0.15) is 0 Å². The molecule has 0 fully saturated rings. The van der Waals surface area contributed by atoms with Crippen molar-refractivity contribution in [3.8, 4) is 0 Å². The van der Waals surface area contributed by atoms with Crippen molar-refractivity contribution in [1.29, 1.82) is 0 Å². The predicted molar refractivity (Wildman–Crippen MR) is 57.2 cm³/mol. The van der Waals surface area contributed by atoms with E-state index in [1.54, 1.807) is 0 Å². The average molecular weight is 204 g/mol. The molecule has 1 rings (SSSR count). The van der Waals surface area contributed by atoms with Gasteiger partial charge in [0.2, 0.25) is 12.2 Å². The summed E-state index contributed by atoms with van der Waals surface area (Å²) in [6, 6.07) is 10.3. The first kappa shape index (κ1) is 13.0. The molecule has 1 aromatic carbocycles. The van der Waals surface area contributed by atoms with E-state index < -0.39 is 0 Å². The molecule has 0 radical (unpaired) electrons. The van der Waals surface area contributed by atoms with Gasteiger partial charge >= 0.3 is 0 Å². The monoisotopic (exact) mass is 204 g/mol. The summed E-state index contributed by atoms with van der Waals surface area (Å²) < 4.78 is 0. The number of hydrogen-bond donors (Lipinski definition) is 0. The Labute approximate surface area is 88.4 Å². The number of isocyanates is 2. The molecule has 0 N–H and O–H groups in total. The fourth-order valence-electron chi connectivity index (χ4n) is 0.726. The number of rotatable bonds is 3. The highest BCUT2D eigenvalue weighted by Gasteiger charge is 1.73. The largest absolute Gasteiger partial charge is 0.235 e. The van der Waals surface area contributed by atoms with E-state index >= 15 is 0 Å². The van der Waals surface area contributed by atoms with Crippen LogP contribution in [-0.2, 0) is 9.59 Å². The minimum Gasteiger partial charge on any atom is -0.211 e. The summed E-state index contributed by atoms with van der Waals surface area (Å²) >= 11 is 0. The van der Waals surface area contributed by atoms with Crippen LogP contribution in [0, 0.1) is 6.92 Å². The van der Waals surface area contributed by atoms with E-state index in [-0.39, 0.29) is 13.1 Å². The van der Waals surface area contributed by atoms with Gasteiger partial charge in [0.05, 0.1) is 13.1 Å². The zero-order valence-electron chi connectivity index (χ0n) is 8.51. The van der Waals surface area contributed by atoms with Gasteiger partial charge in [0.1, 0.15) is 0 Å². The maximum Gasteiger partial charge on any atom is 0.235 e. The number of aryl methyl sites for hydroxylation is 1. The summed E-state index contributed by atoms with van der Waals surface area (Å²) in [6.07, 6.45) is 2.62. The van der Waals surface area contributed by atoms with Crippen LogP contribution in [0.2, 0.25) is 0 Å². The lowest BCUT2D eigenvalue weighted by Gasteiger charge is -1.82. The number of carbonyl (C=O) groups excluding carboxylic acids is 2. The minimum atomic E-state index is 0.221. The molecule has 15 heavy (non-hydrogen) atoms. The SMILES string of the molecule is Cc1ccccc1.O=C=NCCN=C=O. The van der Waals surface area contributed by atoms with Gasteiger partial charge in [-0.3, -0.25) is 0 Å². The molecule has 4 heteroatoms. The van der Waals surface area contributed by atoms with E-state index in [0.717, 1.165) is 0 Å². The molecule has 0 saturated carbocycles. The van der Waals surface area contributed by atoms with E-state index in [9.17, 15) is 9.59 Å². The van der Waals surface area contributed by atoms with Crippen molar-refractivity contribution in [3.63, 3.8) is 0 Å². The van der Waals surface area contributed by atoms with Crippen molar-refractivity contribution in [1.82, 2.24) is 0 Å². The highest BCUT2D eigenvalue weighted by atomic mass is 16.1. The second-order valence-electron chi connectivity index (χ2n) is 2.60. The van der Waals surface area contributed by atoms with Crippen LogP contribution in [-0.4, -0.2) is 25.2 Å². The molecular weight excluding hydrogens is 192 g/mol. The van der Waals surface area contributed by atoms with Gasteiger partial charge < -0.3 is 0 Å². The summed E-state index contributed by atoms with van der Waals surface area (Å²) in [6.45, 7) is 2.53. The Morgan fingerprint density at radius 2 is 1.47 bits per heavy atom. The minimum absolute atomic E-state index is 0.221. The molecule has 0 aliphatic carbocycles. The second-order valence-corrected chi connectivity index (χ2v) is 2.60. The third kappa shape index (κ3) is 9.90. The van der Waals surface area contributed by atoms with Crippen molar-refractivity contribution in [3.05, 3.63) is 35.9 Å². The van der Waals surface area contributed by atoms with Gasteiger partial charge in [-0.25, -0.2) is 19.6 Å². The quantitative estimate of drug-likeness (QED) is 0.427. The smallest absolute Gasteiger partial charge is 0.211 e. The molecule has 4 nitrogen and oxygen atoms in total. The Bertz CT molecular complexity index is 332. The Morgan fingerprint density at radius 1 is 1.00 bits per heavy atom. The standard InChI is InChI=1S/C7H8.C4H4N2O2/c1-7-5-3-2-4-6-7;7-3-5-1-2-6-4-8/h2-6H,1H3;1-2H2. The molecular formula is C11H12N2O2. The fraction of sp³-hybridized carbons (Fsp3) is 0.273. The molecule has 0 aliphatic rings. The molecule has 0 heterocycles. The molecule has 0 aromatic heterocycles. The van der Waals surface area contributed by atoms with Crippen LogP contribution in [0.4, 0.5) is 0 Å². The average Bonchev–Trinajstić information content (AvgIpc) is 2.27. The first-order valence-corrected chi connectivity index (χ1v) is 4.40. The normalized spacial score (nSPS) is 7.53. The lowest BCUT2D eigenvalue weighted by atomic mass is 10.2. The third-order valence-electron chi connectivity index (χ3n) is 1.39. The molecule has 0 spiro atoms. The number of nitrogens with zero attached hydrogens (tertiary/aromatic N) is 2. The highest BCUT2D eigenvalue weighted by molar-refractivity contribution is 5.34. The molecule has 0 unspecified atom stereocenters. The van der Waals surface area contributed by atoms with Crippen molar-refractivity contribution >= 4 is 12.2 Å². The van der Waals surface area contributed by atoms with Gasteiger partial charge in [-0.15, -0.1) is 0 Å². The fourth-order valence-corrected chi connectivity index (χ4v) is 0.726. The summed E-state index contributed by atoms with van der Waals surface area (Å²) in [4.78, 5) is 24.9. The van der Waals surface area contributed by atoms with Gasteiger partial charge in [0.15, 0.2) is 0 Å². The molecule has 0 saturated heterocycles. The van der Waals surface area contributed by atoms with E-state index in [2.05, 4.69) is 29.0 Å². The summed E-state index contributed by atoms with van der Waals surface area (Å²) in [7, 11) is 0. The summed E-state index contributed by atoms with van der Waals surface area (Å²) in [5, 5.41) is 0. The Kier molecular flexibility index (Phi) is 8.71. The summed E-state index contributed by atoms with van der Waals surface area (Å²) in [5.41, 5.74) is 1.32. The maximum absolute atomic E-state index is 9.34. The first-order chi connectivity index (χ1) is 7.31. The van der Waals surface area contributed by atoms with Crippen molar-refractivity contribution in [2.45, 2.75) is 6.92 Å². The van der Waals surface area contributed by atoms with Gasteiger partial charge in [-0.1, -0.05) is 35.9 Å². The first-order valence-electron chi connectivity index (χ1n) is 4.40. The molecule has 78 valence electrons. The van der Waals surface area contributed by atoms with Crippen LogP contribution in [0.3, 0.4) is 0 Å². The van der Waals surface area contributed by atoms with Crippen molar-refractivity contribution < 1.29 is 9.59 Å². The third-order valence-corrected chi connectivity index (χ3v) is 1.39. The van der Waals surface area contributed by atoms with E-state index in [1.807, 2.05) is 18.2 Å². The van der Waals surface area contributed by atoms with Gasteiger partial charge in [-0.05, 0) is 6.92 Å². The van der Waals surface area contributed by atoms with Crippen molar-refractivity contribution in [2.75, 3.05) is 13.1 Å². The van der Waals surface area contributed by atoms with Crippen LogP contribution in [0.5, 0.6) is 0 Å². The van der Waals surface area contributed by atoms with Crippen molar-refractivity contribution in [2.24, 2.45) is 9.98 Å². The number of aliphatic imine (C=N–C) groups is 2. The molecule has 0 atom stereocenters. The van der Waals surface area contributed by atoms with E-state index in [4.69, 9.17) is 0 Å². The highest BCUT2D eigenvalue weighted by Crippen LogP contribution is 1.92. The predicted octanol–water partition coefficient (Wildman–Crippen LogP) is 1.65. The summed E-state index contributed by atoms with van der Waals surface area (Å²) in [5.74, 6) is 0. The molecule has 0 amide bonds. The molecule has 0 aliphatic heterocycles. The second kappa shape index (κ2) is 10.1. The molecule has 1 aromatic rings. The van der Waals surface area contributed by atoms with Crippen LogP contribution < -0.4 is 0 Å². The van der Waals surface area contributed by atoms with Gasteiger partial charge in [0, 0.05) is 0 Å². The van der Waals surface area contributed by atoms with Crippen LogP contribution in [0.15, 0.2) is 40.3 Å². The topological polar surface area (TPSA) is 58.9 Å². The lowest BCUT2D eigenvalue weighted by Crippen LogP contribution is -1.82. The van der Waals surface area contributed by atoms with Crippen LogP contribution in [0.25, 0.3) is 0 Å². The zero-order chi connectivity index (χ0) is 11.4.